The van der Waals surface area contributed by atoms with Crippen molar-refractivity contribution < 1.29 is 104 Å². The highest BCUT2D eigenvalue weighted by Gasteiger charge is 2.59. The minimum atomic E-state index is -5.81. The molecule has 0 aliphatic heterocycles. The van der Waals surface area contributed by atoms with Crippen LogP contribution in [-0.4, -0.2) is 112 Å². The van der Waals surface area contributed by atoms with Gasteiger partial charge >= 0.3 is 43.2 Å². The van der Waals surface area contributed by atoms with Crippen LogP contribution in [0.5, 0.6) is 0 Å². The van der Waals surface area contributed by atoms with E-state index in [1.807, 2.05) is 11.8 Å². The van der Waals surface area contributed by atoms with Gasteiger partial charge in [-0.25, -0.2) is 23.1 Å². The van der Waals surface area contributed by atoms with Crippen molar-refractivity contribution in [2.45, 2.75) is 140 Å². The van der Waals surface area contributed by atoms with E-state index in [2.05, 4.69) is 61.9 Å². The minimum absolute atomic E-state index is 0.127. The summed E-state index contributed by atoms with van der Waals surface area (Å²) in [6.07, 6.45) is 0.0140. The molecule has 26 heteroatoms. The Hall–Kier alpha value is -2.90. The maximum absolute atomic E-state index is 13.1. The largest absolute Gasteiger partial charge is 0.472 e. The first-order valence-electron chi connectivity index (χ1n) is 19.0. The molecule has 0 amide bonds. The van der Waals surface area contributed by atoms with Gasteiger partial charge in [0.2, 0.25) is 0 Å². The first-order valence-corrected chi connectivity index (χ1v) is 25.1. The summed E-state index contributed by atoms with van der Waals surface area (Å²) in [5.41, 5.74) is 0. The third-order valence-corrected chi connectivity index (χ3v) is 10.8. The number of ether oxygens (including phenoxy) is 2. The molecular weight excluding hydrogens is 908 g/mol. The fraction of sp³-hybridized carbons (Fsp3) is 0.667. The summed E-state index contributed by atoms with van der Waals surface area (Å²) in [5, 5.41) is 21.7. The van der Waals surface area contributed by atoms with Gasteiger partial charge in [0.25, 0.3) is 0 Å². The zero-order valence-corrected chi connectivity index (χ0v) is 37.1. The summed E-state index contributed by atoms with van der Waals surface area (Å²) < 4.78 is 80.8. The van der Waals surface area contributed by atoms with Crippen molar-refractivity contribution >= 4 is 43.2 Å². The number of aliphatic hydroxyl groups excluding tert-OH is 2. The Morgan fingerprint density at radius 1 is 0.565 bits per heavy atom. The predicted octanol–water partition coefficient (Wildman–Crippen LogP) is 2.24. The summed E-state index contributed by atoms with van der Waals surface area (Å²) >= 11 is 0. The summed E-state index contributed by atoms with van der Waals surface area (Å²) in [6.45, 7) is 0.200. The lowest BCUT2D eigenvalue weighted by atomic mass is 9.85. The van der Waals surface area contributed by atoms with E-state index in [1.54, 1.807) is 0 Å². The van der Waals surface area contributed by atoms with E-state index in [-0.39, 0.29) is 6.42 Å². The molecule has 1 saturated carbocycles. The number of carbonyl (C=O) groups is 2. The van der Waals surface area contributed by atoms with E-state index in [1.165, 1.54) is 38.5 Å². The fourth-order valence-electron chi connectivity index (χ4n) is 5.61. The number of carbonyl (C=O) groups excluding carboxylic acids is 2. The molecular formula is C36H52O22P4. The number of hydrogen-bond acceptors (Lipinski definition) is 15. The monoisotopic (exact) mass is 960 g/mol. The highest BCUT2D eigenvalue weighted by Crippen LogP contribution is 2.53. The van der Waals surface area contributed by atoms with Crippen LogP contribution in [0.4, 0.5) is 0 Å². The normalized spacial score (nSPS) is 21.4. The number of unbranched alkanes of at least 4 members (excludes halogenated alkanes) is 12. The summed E-state index contributed by atoms with van der Waals surface area (Å²) in [5.74, 6) is 17.7. The number of phosphoric acid groups is 4. The van der Waals surface area contributed by atoms with Crippen molar-refractivity contribution in [1.82, 2.24) is 0 Å². The summed E-state index contributed by atoms with van der Waals surface area (Å²) in [7, 11) is -23.1. The summed E-state index contributed by atoms with van der Waals surface area (Å²) in [6, 6.07) is 0. The van der Waals surface area contributed by atoms with Crippen LogP contribution in [-0.2, 0) is 59.9 Å². The van der Waals surface area contributed by atoms with E-state index in [0.717, 1.165) is 32.1 Å². The minimum Gasteiger partial charge on any atom is -0.456 e. The topological polar surface area (TPSA) is 349 Å². The quantitative estimate of drug-likeness (QED) is 0.0178. The van der Waals surface area contributed by atoms with Crippen LogP contribution in [0.2, 0.25) is 0 Å². The van der Waals surface area contributed by atoms with E-state index in [9.17, 15) is 72.3 Å². The van der Waals surface area contributed by atoms with E-state index in [4.69, 9.17) is 24.9 Å². The molecule has 0 heterocycles. The molecule has 1 aliphatic rings. The Balaban J connectivity index is 3.09. The highest BCUT2D eigenvalue weighted by molar-refractivity contribution is 7.47. The number of terminal acetylenes is 1. The molecule has 4 unspecified atom stereocenters. The number of aliphatic hydroxyl groups is 2. The molecule has 0 aromatic carbocycles. The first-order chi connectivity index (χ1) is 29.0. The van der Waals surface area contributed by atoms with Gasteiger partial charge in [0.1, 0.15) is 43.2 Å². The first kappa shape index (κ1) is 57.1. The van der Waals surface area contributed by atoms with Crippen LogP contribution in [0.15, 0.2) is 0 Å². The van der Waals surface area contributed by atoms with Crippen LogP contribution in [0.1, 0.15) is 96.8 Å². The van der Waals surface area contributed by atoms with Gasteiger partial charge in [-0.3, -0.25) is 27.4 Å². The van der Waals surface area contributed by atoms with Crippen molar-refractivity contribution in [3.63, 3.8) is 0 Å². The predicted molar refractivity (Wildman–Crippen MR) is 215 cm³/mol. The third kappa shape index (κ3) is 27.3. The molecule has 0 saturated heterocycles. The van der Waals surface area contributed by atoms with Crippen LogP contribution in [0.25, 0.3) is 0 Å². The Bertz CT molecular complexity index is 1880. The zero-order chi connectivity index (χ0) is 46.8. The van der Waals surface area contributed by atoms with Gasteiger partial charge in [-0.05, 0) is 53.8 Å². The van der Waals surface area contributed by atoms with Gasteiger partial charge in [-0.2, -0.15) is 0 Å². The number of hydrogen-bond donors (Lipinski definition) is 9. The molecule has 62 heavy (non-hydrogen) atoms. The molecule has 0 bridgehead atoms. The molecule has 0 aromatic rings. The molecule has 8 atom stereocenters. The molecule has 0 spiro atoms. The molecule has 9 N–H and O–H groups in total. The number of phosphoric ester groups is 4. The van der Waals surface area contributed by atoms with Gasteiger partial charge in [-0.1, -0.05) is 84.0 Å². The van der Waals surface area contributed by atoms with Crippen molar-refractivity contribution in [2.24, 2.45) is 0 Å². The van der Waals surface area contributed by atoms with Gasteiger partial charge in [0.05, 0.1) is 6.61 Å². The van der Waals surface area contributed by atoms with Crippen LogP contribution < -0.4 is 0 Å². The molecule has 1 aliphatic carbocycles. The Morgan fingerprint density at radius 2 is 0.984 bits per heavy atom. The second-order valence-electron chi connectivity index (χ2n) is 13.3. The van der Waals surface area contributed by atoms with Gasteiger partial charge < -0.3 is 53.9 Å². The highest BCUT2D eigenvalue weighted by atomic mass is 31.2. The van der Waals surface area contributed by atoms with Crippen molar-refractivity contribution in [2.75, 3.05) is 13.2 Å². The Morgan fingerprint density at radius 3 is 1.44 bits per heavy atom. The van der Waals surface area contributed by atoms with Crippen molar-refractivity contribution in [3.8, 4) is 59.7 Å². The van der Waals surface area contributed by atoms with Crippen LogP contribution in [0, 0.1) is 59.7 Å². The number of esters is 2. The van der Waals surface area contributed by atoms with Gasteiger partial charge in [0.15, 0.2) is 6.10 Å². The zero-order valence-electron chi connectivity index (χ0n) is 33.6. The van der Waals surface area contributed by atoms with Gasteiger partial charge in [-0.15, -0.1) is 6.42 Å². The smallest absolute Gasteiger partial charge is 0.456 e. The van der Waals surface area contributed by atoms with Crippen LogP contribution >= 0.6 is 31.3 Å². The average Bonchev–Trinajstić information content (AvgIpc) is 3.16. The molecule has 1 fully saturated rings. The van der Waals surface area contributed by atoms with Crippen molar-refractivity contribution in [3.05, 3.63) is 0 Å². The van der Waals surface area contributed by atoms with E-state index >= 15 is 0 Å². The van der Waals surface area contributed by atoms with Crippen LogP contribution in [0.3, 0.4) is 0 Å². The number of rotatable bonds is 28. The second-order valence-corrected chi connectivity index (χ2v) is 18.3. The lowest BCUT2D eigenvalue weighted by molar-refractivity contribution is -0.209. The van der Waals surface area contributed by atoms with Gasteiger partial charge in [0, 0.05) is 12.3 Å². The van der Waals surface area contributed by atoms with E-state index < -0.39 is 99.2 Å². The molecule has 0 radical (unpaired) electrons. The maximum Gasteiger partial charge on any atom is 0.472 e. The molecule has 22 nitrogen and oxygen atoms in total. The van der Waals surface area contributed by atoms with Crippen molar-refractivity contribution in [1.29, 1.82) is 0 Å². The maximum atomic E-state index is 13.1. The Kier molecular flexibility index (Phi) is 27.2. The van der Waals surface area contributed by atoms with E-state index in [0.29, 0.717) is 12.8 Å². The fourth-order valence-corrected chi connectivity index (χ4v) is 8.26. The average molecular weight is 961 g/mol. The molecule has 348 valence electrons. The molecule has 0 aromatic heterocycles. The Labute approximate surface area is 359 Å². The second kappa shape index (κ2) is 29.5. The lowest BCUT2D eigenvalue weighted by Gasteiger charge is -2.45. The summed E-state index contributed by atoms with van der Waals surface area (Å²) in [4.78, 5) is 91.6. The molecule has 1 rings (SSSR count). The third-order valence-electron chi connectivity index (χ3n) is 8.24. The standard InChI is InChI=1S/C36H52O22P4/c1-3-5-7-9-11-13-14-15-16-17-19-21-23-25-30(38)54-28(26-52-29(37)24-22-20-18-12-10-8-6-4-2)27-53-62(50,51)58-33-31(39)34(55-59(41,42)43)36(57-61(47,48)49)35(32(33)40)56-60(44,45)46/h2,28,31-36,39-40H,3,5,7,9,11,13-17,19,21,23,25-27H2,1H3,(H,50,51)(H2,41,42,43)(H2,44,45,46)(H2,47,48,49)/t28-,31-,32?,33?,34?,35+,36-/m1/s1. The lowest BCUT2D eigenvalue weighted by Crippen LogP contribution is -2.65. The SMILES string of the molecule is C#CC#CC#CC#CC#CC(=O)OC[C@H](COP(=O)(O)OC1C(O)[C@H](OP(=O)(O)O)[C@H](OP(=O)(O)O)C(OP(=O)(O)O)[C@@H]1O)OC(=O)CCCCCCCCCCCCCCC.